The molecule has 5 nitrogen and oxygen atoms in total. The Labute approximate surface area is 138 Å². The molecule has 0 aromatic heterocycles. The Bertz CT molecular complexity index is 674. The van der Waals surface area contributed by atoms with Gasteiger partial charge in [0.1, 0.15) is 0 Å². The zero-order valence-corrected chi connectivity index (χ0v) is 12.9. The fourth-order valence-corrected chi connectivity index (χ4v) is 4.48. The van der Waals surface area contributed by atoms with E-state index in [0.717, 1.165) is 0 Å². The van der Waals surface area contributed by atoms with E-state index in [9.17, 15) is 78.3 Å². The molecule has 0 bridgehead atoms. The summed E-state index contributed by atoms with van der Waals surface area (Å²) in [5.41, 5.74) is 0. The summed E-state index contributed by atoms with van der Waals surface area (Å²) in [7, 11) is -16.8. The molecule has 0 atom stereocenters. The van der Waals surface area contributed by atoms with Crippen LogP contribution in [0.2, 0.25) is 0 Å². The van der Waals surface area contributed by atoms with Gasteiger partial charge in [-0.15, -0.1) is 4.13 Å². The van der Waals surface area contributed by atoms with Crippen molar-refractivity contribution in [2.24, 2.45) is 0 Å². The third kappa shape index (κ3) is 3.76. The minimum absolute atomic E-state index is 1.45. The highest BCUT2D eigenvalue weighted by atomic mass is 32.3. The molecule has 0 spiro atoms. The minimum atomic E-state index is -8.39. The predicted molar refractivity (Wildman–Crippen MR) is 52.9 cm³/mol. The van der Waals surface area contributed by atoms with Crippen LogP contribution in [0.1, 0.15) is 0 Å². The summed E-state index contributed by atoms with van der Waals surface area (Å²) in [6.45, 7) is 0. The van der Waals surface area contributed by atoms with Gasteiger partial charge in [-0.1, -0.05) is 0 Å². The molecule has 0 radical (unpaired) electrons. The molecule has 0 aliphatic heterocycles. The normalized spacial score (nSPS) is 16.5. The van der Waals surface area contributed by atoms with Gasteiger partial charge in [-0.3, -0.25) is 0 Å². The quantitative estimate of drug-likeness (QED) is 0.627. The molecule has 0 fully saturated rings. The Balaban J connectivity index is 6.81. The zero-order chi connectivity index (χ0) is 22.7. The molecule has 1 N–H and O–H groups in total. The van der Waals surface area contributed by atoms with Gasteiger partial charge < -0.3 is 0 Å². The smallest absolute Gasteiger partial charge is 0.207 e. The lowest BCUT2D eigenvalue weighted by Crippen LogP contribution is -2.67. The first-order chi connectivity index (χ1) is 11.2. The van der Waals surface area contributed by atoms with Crippen LogP contribution >= 0.6 is 0 Å². The van der Waals surface area contributed by atoms with Crippen LogP contribution < -0.4 is 4.13 Å². The first-order valence-corrected chi connectivity index (χ1v) is 8.10. The van der Waals surface area contributed by atoms with Crippen molar-refractivity contribution in [3.63, 3.8) is 0 Å². The molecule has 0 heterocycles. The van der Waals surface area contributed by atoms with E-state index in [0.29, 0.717) is 0 Å². The molecule has 0 amide bonds. The van der Waals surface area contributed by atoms with E-state index < -0.39 is 58.9 Å². The maximum Gasteiger partial charge on any atom is 0.448 e. The van der Waals surface area contributed by atoms with Crippen molar-refractivity contribution in [2.75, 3.05) is 0 Å². The highest BCUT2D eigenvalue weighted by Gasteiger charge is 2.85. The summed E-state index contributed by atoms with van der Waals surface area (Å²) in [5.74, 6) is 0. The predicted octanol–water partition coefficient (Wildman–Crippen LogP) is 2.82. The highest BCUT2D eigenvalue weighted by molar-refractivity contribution is 8.06. The Morgan fingerprint density at radius 2 is 0.556 bits per heavy atom. The molecule has 0 aliphatic rings. The standard InChI is InChI=1S/C6HF14NO4S2/c7-1(3(9,10)11,4(12,13)14)26(22,23)21-27(24,25)2(8,5(15,16)17)6(18,19)20/h21H. The van der Waals surface area contributed by atoms with Crippen molar-refractivity contribution in [2.45, 2.75) is 34.7 Å². The molecule has 164 valence electrons. The molecule has 0 saturated heterocycles. The topological polar surface area (TPSA) is 80.3 Å². The van der Waals surface area contributed by atoms with Crippen LogP contribution in [-0.4, -0.2) is 51.5 Å². The SMILES string of the molecule is O=S(=O)(NS(=O)(=O)C(F)(C(F)(F)F)C(F)(F)F)C(F)(C(F)(F)F)C(F)(F)F. The summed E-state index contributed by atoms with van der Waals surface area (Å²) in [6, 6.07) is 0. The molecule has 27 heavy (non-hydrogen) atoms. The van der Waals surface area contributed by atoms with Gasteiger partial charge in [-0.2, -0.15) is 52.7 Å². The molecule has 0 unspecified atom stereocenters. The minimum Gasteiger partial charge on any atom is -0.207 e. The van der Waals surface area contributed by atoms with Crippen LogP contribution in [0.3, 0.4) is 0 Å². The molecular weight excluding hydrogens is 480 g/mol. The fourth-order valence-electron chi connectivity index (χ4n) is 1.19. The van der Waals surface area contributed by atoms with Crippen LogP contribution in [0.25, 0.3) is 0 Å². The monoisotopic (exact) mass is 481 g/mol. The van der Waals surface area contributed by atoms with Crippen molar-refractivity contribution < 1.29 is 78.3 Å². The van der Waals surface area contributed by atoms with E-state index in [1.807, 2.05) is 0 Å². The van der Waals surface area contributed by atoms with Gasteiger partial charge in [-0.25, -0.2) is 25.6 Å². The van der Waals surface area contributed by atoms with Gasteiger partial charge in [0.05, 0.1) is 0 Å². The van der Waals surface area contributed by atoms with Gasteiger partial charge >= 0.3 is 34.7 Å². The van der Waals surface area contributed by atoms with Crippen molar-refractivity contribution in [1.29, 1.82) is 0 Å². The van der Waals surface area contributed by atoms with Gasteiger partial charge in [-0.05, 0) is 0 Å². The van der Waals surface area contributed by atoms with Gasteiger partial charge in [0.15, 0.2) is 0 Å². The second kappa shape index (κ2) is 6.19. The zero-order valence-electron chi connectivity index (χ0n) is 11.2. The number of sulfonamides is 2. The number of nitrogens with one attached hydrogen (secondary N) is 1. The number of alkyl halides is 14. The largest absolute Gasteiger partial charge is 0.448 e. The molecule has 0 aliphatic carbocycles. The van der Waals surface area contributed by atoms with Crippen LogP contribution in [-0.2, 0) is 20.0 Å². The van der Waals surface area contributed by atoms with E-state index in [2.05, 4.69) is 0 Å². The summed E-state index contributed by atoms with van der Waals surface area (Å²) in [4.78, 5) is 0. The van der Waals surface area contributed by atoms with E-state index in [-0.39, 0.29) is 0 Å². The number of hydrogen-bond donors (Lipinski definition) is 1. The summed E-state index contributed by atoms with van der Waals surface area (Å²) >= 11 is 0. The Hall–Kier alpha value is -1.12. The first-order valence-electron chi connectivity index (χ1n) is 5.13. The van der Waals surface area contributed by atoms with Crippen LogP contribution in [0.15, 0.2) is 0 Å². The Morgan fingerprint density at radius 3 is 0.667 bits per heavy atom. The molecule has 0 aromatic carbocycles. The second-order valence-electron chi connectivity index (χ2n) is 4.27. The lowest BCUT2D eigenvalue weighted by molar-refractivity contribution is -0.306. The lowest BCUT2D eigenvalue weighted by Gasteiger charge is -2.32. The summed E-state index contributed by atoms with van der Waals surface area (Å²) in [5, 5.41) is -15.4. The average molecular weight is 481 g/mol. The number of hydrogen-bond acceptors (Lipinski definition) is 4. The summed E-state index contributed by atoms with van der Waals surface area (Å²) < 4.78 is 215. The Morgan fingerprint density at radius 1 is 0.407 bits per heavy atom. The Kier molecular flexibility index (Phi) is 5.93. The van der Waals surface area contributed by atoms with E-state index >= 15 is 0 Å². The molecule has 21 heteroatoms. The van der Waals surface area contributed by atoms with Crippen molar-refractivity contribution >= 4 is 20.0 Å². The number of rotatable bonds is 4. The first kappa shape index (κ1) is 25.9. The second-order valence-corrected chi connectivity index (χ2v) is 8.08. The maximum atomic E-state index is 13.2. The van der Waals surface area contributed by atoms with Gasteiger partial charge in [0.2, 0.25) is 0 Å². The maximum absolute atomic E-state index is 13.2. The molecular formula is C6HF14NO4S2. The fraction of sp³-hybridized carbons (Fsp3) is 1.00. The van der Waals surface area contributed by atoms with E-state index in [1.54, 1.807) is 0 Å². The van der Waals surface area contributed by atoms with Crippen LogP contribution in [0.4, 0.5) is 61.5 Å². The van der Waals surface area contributed by atoms with Crippen molar-refractivity contribution in [3.05, 3.63) is 0 Å². The van der Waals surface area contributed by atoms with E-state index in [4.69, 9.17) is 0 Å². The van der Waals surface area contributed by atoms with E-state index in [1.165, 1.54) is 0 Å². The molecule has 0 saturated carbocycles. The van der Waals surface area contributed by atoms with Gasteiger partial charge in [0, 0.05) is 0 Å². The molecule has 0 aromatic rings. The van der Waals surface area contributed by atoms with Crippen molar-refractivity contribution in [1.82, 2.24) is 4.13 Å². The van der Waals surface area contributed by atoms with Crippen LogP contribution in [0, 0.1) is 0 Å². The average Bonchev–Trinajstić information content (AvgIpc) is 2.29. The third-order valence-corrected chi connectivity index (χ3v) is 6.58. The van der Waals surface area contributed by atoms with Crippen molar-refractivity contribution in [3.8, 4) is 0 Å². The lowest BCUT2D eigenvalue weighted by atomic mass is 10.3. The third-order valence-electron chi connectivity index (χ3n) is 2.42. The summed E-state index contributed by atoms with van der Waals surface area (Å²) in [6.07, 6.45) is -30.7. The number of halogens is 14. The van der Waals surface area contributed by atoms with Crippen LogP contribution in [0.5, 0.6) is 0 Å². The highest BCUT2D eigenvalue weighted by Crippen LogP contribution is 2.52. The molecule has 0 rings (SSSR count). The van der Waals surface area contributed by atoms with Gasteiger partial charge in [0.25, 0.3) is 20.0 Å².